The lowest BCUT2D eigenvalue weighted by atomic mass is 9.96. The van der Waals surface area contributed by atoms with Gasteiger partial charge in [-0.15, -0.1) is 0 Å². The van der Waals surface area contributed by atoms with Crippen molar-refractivity contribution in [2.75, 3.05) is 13.1 Å². The van der Waals surface area contributed by atoms with E-state index >= 15 is 0 Å². The molecule has 3 heteroatoms. The molecule has 4 rings (SSSR count). The number of nitrogens with zero attached hydrogens (tertiary/aromatic N) is 1. The summed E-state index contributed by atoms with van der Waals surface area (Å²) < 4.78 is 13.0. The predicted molar refractivity (Wildman–Crippen MR) is 97.7 cm³/mol. The maximum atomic E-state index is 13.0. The third kappa shape index (κ3) is 3.37. The lowest BCUT2D eigenvalue weighted by molar-refractivity contribution is -0.131. The molecule has 25 heavy (non-hydrogen) atoms. The Labute approximate surface area is 148 Å². The molecule has 1 unspecified atom stereocenters. The highest BCUT2D eigenvalue weighted by atomic mass is 19.1. The number of carbonyl (C=O) groups is 1. The Balaban J connectivity index is 1.39. The van der Waals surface area contributed by atoms with Crippen molar-refractivity contribution >= 4 is 11.5 Å². The van der Waals surface area contributed by atoms with Crippen LogP contribution in [-0.2, 0) is 11.2 Å². The standard InChI is InChI=1S/C22H22FNO/c23-20-9-7-16(8-10-20)17-11-13-24(14-12-17)22(25)15-19-6-5-18-3-1-2-4-21(18)19/h1-4,7-11,19H,5-6,12-15H2. The van der Waals surface area contributed by atoms with Crippen molar-refractivity contribution in [2.24, 2.45) is 0 Å². The summed E-state index contributed by atoms with van der Waals surface area (Å²) in [4.78, 5) is 14.7. The van der Waals surface area contributed by atoms with Gasteiger partial charge in [0.25, 0.3) is 0 Å². The SMILES string of the molecule is O=C(CC1CCc2ccccc21)N1CC=C(c2ccc(F)cc2)CC1. The Morgan fingerprint density at radius 1 is 1.08 bits per heavy atom. The van der Waals surface area contributed by atoms with Crippen LogP contribution in [0.4, 0.5) is 4.39 Å². The molecule has 0 spiro atoms. The van der Waals surface area contributed by atoms with E-state index in [4.69, 9.17) is 0 Å². The fraction of sp³-hybridized carbons (Fsp3) is 0.318. The van der Waals surface area contributed by atoms with Crippen molar-refractivity contribution < 1.29 is 9.18 Å². The molecule has 0 N–H and O–H groups in total. The summed E-state index contributed by atoms with van der Waals surface area (Å²) in [6.07, 6.45) is 5.71. The van der Waals surface area contributed by atoms with Gasteiger partial charge in [0.15, 0.2) is 0 Å². The first-order valence-electron chi connectivity index (χ1n) is 9.01. The van der Waals surface area contributed by atoms with Crippen LogP contribution in [0.1, 0.15) is 41.9 Å². The highest BCUT2D eigenvalue weighted by molar-refractivity contribution is 5.79. The van der Waals surface area contributed by atoms with Crippen LogP contribution in [0.25, 0.3) is 5.57 Å². The van der Waals surface area contributed by atoms with Crippen LogP contribution in [0.15, 0.2) is 54.6 Å². The third-order valence-electron chi connectivity index (χ3n) is 5.45. The smallest absolute Gasteiger partial charge is 0.223 e. The van der Waals surface area contributed by atoms with Gasteiger partial charge in [-0.3, -0.25) is 4.79 Å². The first kappa shape index (κ1) is 16.1. The van der Waals surface area contributed by atoms with Gasteiger partial charge in [0.05, 0.1) is 0 Å². The van der Waals surface area contributed by atoms with E-state index in [0.29, 0.717) is 18.9 Å². The van der Waals surface area contributed by atoms with Crippen molar-refractivity contribution in [3.63, 3.8) is 0 Å². The highest BCUT2D eigenvalue weighted by Gasteiger charge is 2.27. The molecule has 128 valence electrons. The summed E-state index contributed by atoms with van der Waals surface area (Å²) in [7, 11) is 0. The number of aryl methyl sites for hydroxylation is 1. The molecule has 2 nitrogen and oxygen atoms in total. The molecule has 0 bridgehead atoms. The van der Waals surface area contributed by atoms with Crippen LogP contribution in [0, 0.1) is 5.82 Å². The van der Waals surface area contributed by atoms with Crippen LogP contribution in [0.5, 0.6) is 0 Å². The lowest BCUT2D eigenvalue weighted by Crippen LogP contribution is -2.35. The van der Waals surface area contributed by atoms with Gasteiger partial charge in [-0.1, -0.05) is 42.5 Å². The van der Waals surface area contributed by atoms with E-state index in [0.717, 1.165) is 31.4 Å². The molecular formula is C22H22FNO. The molecular weight excluding hydrogens is 313 g/mol. The maximum Gasteiger partial charge on any atom is 0.223 e. The summed E-state index contributed by atoms with van der Waals surface area (Å²) in [5.41, 5.74) is 5.02. The Bertz CT molecular complexity index is 809. The summed E-state index contributed by atoms with van der Waals surface area (Å²) in [5, 5.41) is 0. The molecule has 0 fully saturated rings. The molecule has 1 heterocycles. The number of hydrogen-bond donors (Lipinski definition) is 0. The summed E-state index contributed by atoms with van der Waals surface area (Å²) >= 11 is 0. The highest BCUT2D eigenvalue weighted by Crippen LogP contribution is 2.36. The van der Waals surface area contributed by atoms with E-state index < -0.39 is 0 Å². The minimum Gasteiger partial charge on any atom is -0.339 e. The minimum atomic E-state index is -0.214. The third-order valence-corrected chi connectivity index (χ3v) is 5.45. The number of amides is 1. The fourth-order valence-corrected chi connectivity index (χ4v) is 4.02. The van der Waals surface area contributed by atoms with Crippen molar-refractivity contribution in [1.82, 2.24) is 4.90 Å². The van der Waals surface area contributed by atoms with Crippen molar-refractivity contribution in [2.45, 2.75) is 31.6 Å². The zero-order valence-corrected chi connectivity index (χ0v) is 14.2. The number of benzene rings is 2. The first-order valence-corrected chi connectivity index (χ1v) is 9.01. The quantitative estimate of drug-likeness (QED) is 0.805. The summed E-state index contributed by atoms with van der Waals surface area (Å²) in [5.74, 6) is 0.399. The normalized spacial score (nSPS) is 19.5. The summed E-state index contributed by atoms with van der Waals surface area (Å²) in [6.45, 7) is 1.40. The van der Waals surface area contributed by atoms with Gasteiger partial charge in [-0.25, -0.2) is 4.39 Å². The number of carbonyl (C=O) groups excluding carboxylic acids is 1. The van der Waals surface area contributed by atoms with Crippen molar-refractivity contribution in [3.05, 3.63) is 77.1 Å². The number of rotatable bonds is 3. The Morgan fingerprint density at radius 3 is 2.64 bits per heavy atom. The van der Waals surface area contributed by atoms with Gasteiger partial charge in [0, 0.05) is 19.5 Å². The van der Waals surface area contributed by atoms with E-state index in [2.05, 4.69) is 30.3 Å². The Morgan fingerprint density at radius 2 is 1.88 bits per heavy atom. The number of halogens is 1. The van der Waals surface area contributed by atoms with Gasteiger partial charge in [0.2, 0.25) is 5.91 Å². The second-order valence-corrected chi connectivity index (χ2v) is 6.96. The van der Waals surface area contributed by atoms with Crippen LogP contribution in [0.2, 0.25) is 0 Å². The van der Waals surface area contributed by atoms with E-state index in [-0.39, 0.29) is 11.7 Å². The van der Waals surface area contributed by atoms with Crippen LogP contribution < -0.4 is 0 Å². The fourth-order valence-electron chi connectivity index (χ4n) is 4.02. The summed E-state index contributed by atoms with van der Waals surface area (Å²) in [6, 6.07) is 15.1. The molecule has 0 radical (unpaired) electrons. The maximum absolute atomic E-state index is 13.0. The molecule has 1 amide bonds. The van der Waals surface area contributed by atoms with Gasteiger partial charge in [-0.2, -0.15) is 0 Å². The average molecular weight is 335 g/mol. The molecule has 1 aliphatic carbocycles. The molecule has 0 saturated heterocycles. The monoisotopic (exact) mass is 335 g/mol. The topological polar surface area (TPSA) is 20.3 Å². The second-order valence-electron chi connectivity index (χ2n) is 6.96. The predicted octanol–water partition coefficient (Wildman–Crippen LogP) is 4.56. The zero-order valence-electron chi connectivity index (χ0n) is 14.2. The van der Waals surface area contributed by atoms with Gasteiger partial charge < -0.3 is 4.90 Å². The van der Waals surface area contributed by atoms with Crippen LogP contribution in [0.3, 0.4) is 0 Å². The molecule has 0 aromatic heterocycles. The second kappa shape index (κ2) is 6.83. The molecule has 2 aromatic rings. The largest absolute Gasteiger partial charge is 0.339 e. The van der Waals surface area contributed by atoms with Gasteiger partial charge >= 0.3 is 0 Å². The van der Waals surface area contributed by atoms with Crippen LogP contribution >= 0.6 is 0 Å². The van der Waals surface area contributed by atoms with Crippen LogP contribution in [-0.4, -0.2) is 23.9 Å². The number of hydrogen-bond acceptors (Lipinski definition) is 1. The van der Waals surface area contributed by atoms with Gasteiger partial charge in [0.1, 0.15) is 5.82 Å². The molecule has 1 atom stereocenters. The average Bonchev–Trinajstić information content (AvgIpc) is 3.06. The molecule has 2 aliphatic rings. The number of fused-ring (bicyclic) bond motifs is 1. The zero-order chi connectivity index (χ0) is 17.2. The van der Waals surface area contributed by atoms with E-state index in [1.165, 1.54) is 28.8 Å². The van der Waals surface area contributed by atoms with Gasteiger partial charge in [-0.05, 0) is 59.6 Å². The molecule has 0 saturated carbocycles. The first-order chi connectivity index (χ1) is 12.2. The van der Waals surface area contributed by atoms with E-state index in [9.17, 15) is 9.18 Å². The van der Waals surface area contributed by atoms with E-state index in [1.54, 1.807) is 0 Å². The molecule has 2 aromatic carbocycles. The minimum absolute atomic E-state index is 0.214. The van der Waals surface area contributed by atoms with Crippen molar-refractivity contribution in [1.29, 1.82) is 0 Å². The molecule has 1 aliphatic heterocycles. The van der Waals surface area contributed by atoms with E-state index in [1.807, 2.05) is 17.0 Å². The Kier molecular flexibility index (Phi) is 4.39. The van der Waals surface area contributed by atoms with Crippen molar-refractivity contribution in [3.8, 4) is 0 Å². The lowest BCUT2D eigenvalue weighted by Gasteiger charge is -2.28. The Hall–Kier alpha value is -2.42.